The van der Waals surface area contributed by atoms with Crippen molar-refractivity contribution in [1.29, 1.82) is 0 Å². The van der Waals surface area contributed by atoms with Crippen molar-refractivity contribution in [2.24, 2.45) is 4.99 Å². The quantitative estimate of drug-likeness (QED) is 0.389. The third-order valence-electron chi connectivity index (χ3n) is 8.43. The van der Waals surface area contributed by atoms with Gasteiger partial charge < -0.3 is 14.0 Å². The zero-order chi connectivity index (χ0) is 26.9. The summed E-state index contributed by atoms with van der Waals surface area (Å²) in [7, 11) is -4.25. The Kier molecular flexibility index (Phi) is 6.65. The van der Waals surface area contributed by atoms with E-state index in [9.17, 15) is 8.42 Å². The number of nitrogens with zero attached hydrogens (tertiary/aromatic N) is 2. The van der Waals surface area contributed by atoms with E-state index in [4.69, 9.17) is 19.0 Å². The van der Waals surface area contributed by atoms with Crippen LogP contribution in [0.4, 0.5) is 4.39 Å². The number of benzene rings is 1. The van der Waals surface area contributed by atoms with E-state index in [1.54, 1.807) is 19.1 Å². The first-order chi connectivity index (χ1) is 16.4. The Morgan fingerprint density at radius 3 is 2.22 bits per heavy atom. The maximum absolute atomic E-state index is 15.5. The summed E-state index contributed by atoms with van der Waals surface area (Å²) in [5.74, 6) is -0.197. The zero-order valence-corrected chi connectivity index (χ0v) is 24.9. The molecular weight excluding hydrogens is 498 g/mol. The Labute approximate surface area is 217 Å². The minimum absolute atomic E-state index is 0.0599. The molecule has 1 aliphatic carbocycles. The highest BCUT2D eigenvalue weighted by Crippen LogP contribution is 2.60. The van der Waals surface area contributed by atoms with Crippen molar-refractivity contribution in [2.75, 3.05) is 20.3 Å². The molecule has 2 fully saturated rings. The van der Waals surface area contributed by atoms with Gasteiger partial charge in [-0.05, 0) is 65.0 Å². The monoisotopic (exact) mass is 538 g/mol. The average Bonchev–Trinajstić information content (AvgIpc) is 3.52. The number of likely N-dealkylation sites (N-methyl/N-ethyl adjacent to an activating group) is 1. The minimum atomic E-state index is -3.78. The summed E-state index contributed by atoms with van der Waals surface area (Å²) in [5, 5.41) is 0. The molecule has 1 saturated carbocycles. The van der Waals surface area contributed by atoms with Gasteiger partial charge in [0, 0.05) is 27.3 Å². The fourth-order valence-corrected chi connectivity index (χ4v) is 7.88. The summed E-state index contributed by atoms with van der Waals surface area (Å²) >= 11 is 0. The first kappa shape index (κ1) is 27.8. The van der Waals surface area contributed by atoms with Crippen LogP contribution in [-0.4, -0.2) is 70.0 Å². The van der Waals surface area contributed by atoms with Gasteiger partial charge in [-0.2, -0.15) is 0 Å². The molecule has 4 rings (SSSR count). The predicted molar refractivity (Wildman–Crippen MR) is 145 cm³/mol. The summed E-state index contributed by atoms with van der Waals surface area (Å²) in [6, 6.07) is 5.63. The molecule has 1 aromatic carbocycles. The smallest absolute Gasteiger partial charge is 0.399 e. The summed E-state index contributed by atoms with van der Waals surface area (Å²) in [6.07, 6.45) is 0.840. The maximum atomic E-state index is 15.5. The molecule has 0 bridgehead atoms. The van der Waals surface area contributed by atoms with Crippen molar-refractivity contribution >= 4 is 36.5 Å². The van der Waals surface area contributed by atoms with Gasteiger partial charge in [-0.1, -0.05) is 31.8 Å². The summed E-state index contributed by atoms with van der Waals surface area (Å²) in [6.45, 7) is 16.9. The predicted octanol–water partition coefficient (Wildman–Crippen LogP) is 3.90. The molecule has 1 atom stereocenters. The van der Waals surface area contributed by atoms with Crippen LogP contribution in [0.15, 0.2) is 23.2 Å². The fraction of sp³-hybridized carbons (Fsp3) is 0.720. The largest absolute Gasteiger partial charge is 0.494 e. The molecule has 7 nitrogen and oxygen atoms in total. The van der Waals surface area contributed by atoms with Gasteiger partial charge in [-0.25, -0.2) is 12.8 Å². The molecule has 11 heteroatoms. The maximum Gasteiger partial charge on any atom is 0.494 e. The van der Waals surface area contributed by atoms with Crippen molar-refractivity contribution < 1.29 is 26.9 Å². The molecule has 0 amide bonds. The summed E-state index contributed by atoms with van der Waals surface area (Å²) < 4.78 is 61.3. The molecule has 1 aromatic rings. The molecule has 1 saturated heterocycles. The molecule has 3 aliphatic rings. The van der Waals surface area contributed by atoms with Crippen LogP contribution in [0.5, 0.6) is 0 Å². The molecule has 36 heavy (non-hydrogen) atoms. The van der Waals surface area contributed by atoms with Crippen molar-refractivity contribution in [3.63, 3.8) is 0 Å². The molecule has 2 heterocycles. The van der Waals surface area contributed by atoms with Crippen LogP contribution in [0, 0.1) is 5.82 Å². The van der Waals surface area contributed by atoms with E-state index >= 15 is 4.39 Å². The highest BCUT2D eigenvalue weighted by atomic mass is 32.2. The third kappa shape index (κ3) is 4.38. The molecule has 2 aliphatic heterocycles. The van der Waals surface area contributed by atoms with Crippen molar-refractivity contribution in [3.05, 3.63) is 29.6 Å². The number of ether oxygens (including phenoxy) is 1. The summed E-state index contributed by atoms with van der Waals surface area (Å²) in [4.78, 5) is 4.92. The molecule has 1 unspecified atom stereocenters. The Bertz CT molecular complexity index is 1160. The van der Waals surface area contributed by atoms with E-state index in [2.05, 4.69) is 19.6 Å². The number of amidine groups is 1. The molecule has 0 radical (unpaired) electrons. The number of sulfonamides is 1. The van der Waals surface area contributed by atoms with E-state index < -0.39 is 52.5 Å². The fourth-order valence-electron chi connectivity index (χ4n) is 4.95. The number of hydrogen-bond donors (Lipinski definition) is 0. The average molecular weight is 539 g/mol. The lowest BCUT2D eigenvalue weighted by molar-refractivity contribution is 0.00578. The number of rotatable bonds is 7. The van der Waals surface area contributed by atoms with E-state index in [0.717, 1.165) is 6.04 Å². The van der Waals surface area contributed by atoms with Gasteiger partial charge in [0.25, 0.3) is 0 Å². The lowest BCUT2D eigenvalue weighted by Crippen LogP contribution is -2.57. The van der Waals surface area contributed by atoms with Gasteiger partial charge in [0.1, 0.15) is 28.5 Å². The van der Waals surface area contributed by atoms with Crippen molar-refractivity contribution in [1.82, 2.24) is 4.31 Å². The molecular formula is C25H40BFN2O5SSi. The topological polar surface area (TPSA) is 77.4 Å². The van der Waals surface area contributed by atoms with E-state index in [1.807, 2.05) is 27.7 Å². The highest BCUT2D eigenvalue weighted by Gasteiger charge is 2.71. The van der Waals surface area contributed by atoms with Gasteiger partial charge in [0.05, 0.1) is 11.2 Å². The van der Waals surface area contributed by atoms with Crippen LogP contribution in [0.3, 0.4) is 0 Å². The lowest BCUT2D eigenvalue weighted by Gasteiger charge is -2.43. The standard InChI is InChI=1S/C25H40BFN2O5SSi/c1-22(2)23(3,4)34-26(33-22)18-10-11-20(27)19(16-18)24(5)25(12-13-25)35(30,31)29(6)21(28-24)17-32-14-15-36(7,8)9/h10-11,16H,12-15,17H2,1-9H3. The van der Waals surface area contributed by atoms with E-state index in [0.29, 0.717) is 30.7 Å². The lowest BCUT2D eigenvalue weighted by atomic mass is 9.75. The Morgan fingerprint density at radius 2 is 1.69 bits per heavy atom. The first-order valence-electron chi connectivity index (χ1n) is 12.7. The van der Waals surface area contributed by atoms with E-state index in [1.165, 1.54) is 17.4 Å². The zero-order valence-electron chi connectivity index (χ0n) is 23.1. The minimum Gasteiger partial charge on any atom is -0.399 e. The number of aliphatic imine (C=N–C) groups is 1. The molecule has 1 spiro atoms. The van der Waals surface area contributed by atoms with Gasteiger partial charge >= 0.3 is 7.12 Å². The van der Waals surface area contributed by atoms with Crippen LogP contribution < -0.4 is 5.46 Å². The van der Waals surface area contributed by atoms with Gasteiger partial charge in [-0.15, -0.1) is 0 Å². The Balaban J connectivity index is 1.73. The summed E-state index contributed by atoms with van der Waals surface area (Å²) in [5.41, 5.74) is -1.53. The van der Waals surface area contributed by atoms with Crippen LogP contribution in [0.1, 0.15) is 53.0 Å². The van der Waals surface area contributed by atoms with Gasteiger partial charge in [0.2, 0.25) is 10.0 Å². The molecule has 200 valence electrons. The third-order valence-corrected chi connectivity index (χ3v) is 12.9. The number of hydrogen-bond acceptors (Lipinski definition) is 6. The second-order valence-corrected chi connectivity index (χ2v) is 20.7. The first-order valence-corrected chi connectivity index (χ1v) is 17.8. The normalized spacial score (nSPS) is 27.9. The van der Waals surface area contributed by atoms with E-state index in [-0.39, 0.29) is 12.2 Å². The SMILES string of the molecule is CN1C(COCC[Si](C)(C)C)=NC(C)(c2cc(B3OC(C)(C)C(C)(C)O3)ccc2F)C2(CC2)S1(=O)=O. The molecule has 0 aromatic heterocycles. The van der Waals surface area contributed by atoms with Crippen LogP contribution in [0.25, 0.3) is 0 Å². The van der Waals surface area contributed by atoms with Crippen LogP contribution >= 0.6 is 0 Å². The second kappa shape index (κ2) is 8.62. The molecule has 0 N–H and O–H groups in total. The van der Waals surface area contributed by atoms with Crippen molar-refractivity contribution in [2.45, 2.75) is 94.6 Å². The second-order valence-electron chi connectivity index (χ2n) is 12.8. The number of halogens is 1. The van der Waals surface area contributed by atoms with Crippen LogP contribution in [0.2, 0.25) is 25.7 Å². The Hall–Kier alpha value is -1.27. The highest BCUT2D eigenvalue weighted by molar-refractivity contribution is 7.91. The van der Waals surface area contributed by atoms with Gasteiger partial charge in [-0.3, -0.25) is 9.30 Å². The Morgan fingerprint density at radius 1 is 1.11 bits per heavy atom. The van der Waals surface area contributed by atoms with Crippen LogP contribution in [-0.2, 0) is 29.6 Å². The van der Waals surface area contributed by atoms with Crippen molar-refractivity contribution in [3.8, 4) is 0 Å². The van der Waals surface area contributed by atoms with Gasteiger partial charge in [0.15, 0.2) is 0 Å².